The van der Waals surface area contributed by atoms with Crippen LogP contribution >= 0.6 is 0 Å². The lowest BCUT2D eigenvalue weighted by atomic mass is 10.1. The second-order valence-corrected chi connectivity index (χ2v) is 4.33. The predicted octanol–water partition coefficient (Wildman–Crippen LogP) is 1.88. The third kappa shape index (κ3) is 4.63. The van der Waals surface area contributed by atoms with Gasteiger partial charge < -0.3 is 10.0 Å². The van der Waals surface area contributed by atoms with Crippen molar-refractivity contribution < 1.29 is 5.11 Å². The molecule has 0 saturated carbocycles. The molecule has 78 valence electrons. The summed E-state index contributed by atoms with van der Waals surface area (Å²) in [5, 5.41) is 8.86. The third-order valence-corrected chi connectivity index (χ3v) is 2.93. The van der Waals surface area contributed by atoms with Crippen LogP contribution in [0.25, 0.3) is 0 Å². The minimum absolute atomic E-state index is 0.347. The molecule has 1 aliphatic heterocycles. The highest BCUT2D eigenvalue weighted by Crippen LogP contribution is 2.11. The predicted molar refractivity (Wildman–Crippen MR) is 55.8 cm³/mol. The van der Waals surface area contributed by atoms with Gasteiger partial charge in [0.15, 0.2) is 0 Å². The summed E-state index contributed by atoms with van der Waals surface area (Å²) >= 11 is 0. The van der Waals surface area contributed by atoms with Crippen LogP contribution in [0.15, 0.2) is 0 Å². The van der Waals surface area contributed by atoms with Crippen molar-refractivity contribution in [2.75, 3.05) is 26.2 Å². The van der Waals surface area contributed by atoms with E-state index in [0.29, 0.717) is 12.5 Å². The van der Waals surface area contributed by atoms with Gasteiger partial charge in [0.25, 0.3) is 0 Å². The molecule has 1 fully saturated rings. The van der Waals surface area contributed by atoms with Crippen molar-refractivity contribution in [1.82, 2.24) is 4.90 Å². The number of hydrogen-bond donors (Lipinski definition) is 1. The molecule has 1 atom stereocenters. The Morgan fingerprint density at radius 1 is 1.23 bits per heavy atom. The number of aliphatic hydroxyl groups is 1. The standard InChI is InChI=1S/C11H23NO/c1-11(10-13)6-5-9-12-7-3-2-4-8-12/h11,13H,2-10H2,1H3. The van der Waals surface area contributed by atoms with Gasteiger partial charge in [0.1, 0.15) is 0 Å². The summed E-state index contributed by atoms with van der Waals surface area (Å²) < 4.78 is 0. The molecule has 1 unspecified atom stereocenters. The molecule has 0 amide bonds. The molecular weight excluding hydrogens is 162 g/mol. The fourth-order valence-corrected chi connectivity index (χ4v) is 1.94. The summed E-state index contributed by atoms with van der Waals surface area (Å²) in [5.41, 5.74) is 0. The van der Waals surface area contributed by atoms with E-state index >= 15 is 0 Å². The molecule has 1 heterocycles. The summed E-state index contributed by atoms with van der Waals surface area (Å²) in [4.78, 5) is 2.56. The maximum absolute atomic E-state index is 8.86. The van der Waals surface area contributed by atoms with Gasteiger partial charge in [-0.05, 0) is 51.2 Å². The topological polar surface area (TPSA) is 23.5 Å². The second kappa shape index (κ2) is 6.39. The van der Waals surface area contributed by atoms with E-state index in [1.165, 1.54) is 51.7 Å². The van der Waals surface area contributed by atoms with E-state index in [0.717, 1.165) is 0 Å². The average Bonchev–Trinajstić information content (AvgIpc) is 2.19. The Labute approximate surface area is 81.9 Å². The number of likely N-dealkylation sites (tertiary alicyclic amines) is 1. The van der Waals surface area contributed by atoms with Crippen LogP contribution in [-0.4, -0.2) is 36.2 Å². The van der Waals surface area contributed by atoms with Crippen LogP contribution < -0.4 is 0 Å². The Balaban J connectivity index is 1.98. The summed E-state index contributed by atoms with van der Waals surface area (Å²) in [5.74, 6) is 0.491. The fraction of sp³-hybridized carbons (Fsp3) is 1.00. The van der Waals surface area contributed by atoms with Crippen LogP contribution in [0.4, 0.5) is 0 Å². The van der Waals surface area contributed by atoms with Gasteiger partial charge in [-0.2, -0.15) is 0 Å². The quantitative estimate of drug-likeness (QED) is 0.707. The number of piperidine rings is 1. The third-order valence-electron chi connectivity index (χ3n) is 2.93. The van der Waals surface area contributed by atoms with Gasteiger partial charge in [-0.15, -0.1) is 0 Å². The number of aliphatic hydroxyl groups excluding tert-OH is 1. The van der Waals surface area contributed by atoms with E-state index in [4.69, 9.17) is 5.11 Å². The molecule has 0 aromatic carbocycles. The van der Waals surface area contributed by atoms with Gasteiger partial charge in [-0.1, -0.05) is 13.3 Å². The molecule has 13 heavy (non-hydrogen) atoms. The fourth-order valence-electron chi connectivity index (χ4n) is 1.94. The van der Waals surface area contributed by atoms with E-state index in [1.807, 2.05) is 0 Å². The Morgan fingerprint density at radius 3 is 2.54 bits per heavy atom. The van der Waals surface area contributed by atoms with Crippen molar-refractivity contribution in [2.45, 2.75) is 39.0 Å². The van der Waals surface area contributed by atoms with E-state index in [9.17, 15) is 0 Å². The zero-order valence-corrected chi connectivity index (χ0v) is 8.84. The summed E-state index contributed by atoms with van der Waals surface area (Å²) in [6.45, 7) is 6.31. The largest absolute Gasteiger partial charge is 0.396 e. The van der Waals surface area contributed by atoms with Crippen molar-refractivity contribution in [3.63, 3.8) is 0 Å². The highest BCUT2D eigenvalue weighted by atomic mass is 16.3. The van der Waals surface area contributed by atoms with Crippen LogP contribution in [0.3, 0.4) is 0 Å². The molecular formula is C11H23NO. The normalized spacial score (nSPS) is 21.7. The van der Waals surface area contributed by atoms with Crippen molar-refractivity contribution >= 4 is 0 Å². The van der Waals surface area contributed by atoms with Crippen molar-refractivity contribution in [1.29, 1.82) is 0 Å². The van der Waals surface area contributed by atoms with Gasteiger partial charge in [0, 0.05) is 6.61 Å². The Kier molecular flexibility index (Phi) is 5.40. The molecule has 1 rings (SSSR count). The van der Waals surface area contributed by atoms with Gasteiger partial charge in [-0.25, -0.2) is 0 Å². The minimum Gasteiger partial charge on any atom is -0.396 e. The van der Waals surface area contributed by atoms with Crippen molar-refractivity contribution in [2.24, 2.45) is 5.92 Å². The monoisotopic (exact) mass is 185 g/mol. The molecule has 1 saturated heterocycles. The zero-order valence-electron chi connectivity index (χ0n) is 8.84. The highest BCUT2D eigenvalue weighted by molar-refractivity contribution is 4.64. The average molecular weight is 185 g/mol. The second-order valence-electron chi connectivity index (χ2n) is 4.33. The highest BCUT2D eigenvalue weighted by Gasteiger charge is 2.09. The maximum atomic E-state index is 8.86. The number of hydrogen-bond acceptors (Lipinski definition) is 2. The Bertz CT molecular complexity index is 121. The SMILES string of the molecule is CC(CO)CCCN1CCCCC1. The van der Waals surface area contributed by atoms with Crippen LogP contribution in [0.2, 0.25) is 0 Å². The maximum Gasteiger partial charge on any atom is 0.0456 e. The summed E-state index contributed by atoms with van der Waals surface area (Å²) in [6, 6.07) is 0. The smallest absolute Gasteiger partial charge is 0.0456 e. The molecule has 0 radical (unpaired) electrons. The van der Waals surface area contributed by atoms with Gasteiger partial charge >= 0.3 is 0 Å². The zero-order chi connectivity index (χ0) is 9.52. The van der Waals surface area contributed by atoms with E-state index in [1.54, 1.807) is 0 Å². The first-order valence-electron chi connectivity index (χ1n) is 5.66. The lowest BCUT2D eigenvalue weighted by Crippen LogP contribution is -2.30. The first-order valence-corrected chi connectivity index (χ1v) is 5.66. The lowest BCUT2D eigenvalue weighted by molar-refractivity contribution is 0.200. The van der Waals surface area contributed by atoms with E-state index in [2.05, 4.69) is 11.8 Å². The molecule has 2 nitrogen and oxygen atoms in total. The number of rotatable bonds is 5. The molecule has 0 aromatic heterocycles. The molecule has 1 aliphatic rings. The van der Waals surface area contributed by atoms with Crippen LogP contribution in [0, 0.1) is 5.92 Å². The first kappa shape index (κ1) is 11.0. The van der Waals surface area contributed by atoms with Crippen molar-refractivity contribution in [3.05, 3.63) is 0 Å². The van der Waals surface area contributed by atoms with Gasteiger partial charge in [0.2, 0.25) is 0 Å². The molecule has 0 bridgehead atoms. The Hall–Kier alpha value is -0.0800. The lowest BCUT2D eigenvalue weighted by Gasteiger charge is -2.26. The number of nitrogens with zero attached hydrogens (tertiary/aromatic N) is 1. The van der Waals surface area contributed by atoms with Crippen LogP contribution in [0.1, 0.15) is 39.0 Å². The summed E-state index contributed by atoms with van der Waals surface area (Å²) in [6.07, 6.45) is 6.61. The molecule has 2 heteroatoms. The molecule has 0 aromatic rings. The van der Waals surface area contributed by atoms with Crippen LogP contribution in [0.5, 0.6) is 0 Å². The van der Waals surface area contributed by atoms with E-state index in [-0.39, 0.29) is 0 Å². The van der Waals surface area contributed by atoms with Crippen molar-refractivity contribution in [3.8, 4) is 0 Å². The minimum atomic E-state index is 0.347. The summed E-state index contributed by atoms with van der Waals surface area (Å²) in [7, 11) is 0. The van der Waals surface area contributed by atoms with Gasteiger partial charge in [0.05, 0.1) is 0 Å². The van der Waals surface area contributed by atoms with Crippen LogP contribution in [-0.2, 0) is 0 Å². The van der Waals surface area contributed by atoms with E-state index < -0.39 is 0 Å². The van der Waals surface area contributed by atoms with Gasteiger partial charge in [-0.3, -0.25) is 0 Å². The first-order chi connectivity index (χ1) is 6.33. The Morgan fingerprint density at radius 2 is 1.92 bits per heavy atom. The molecule has 1 N–H and O–H groups in total. The molecule has 0 aliphatic carbocycles. The molecule has 0 spiro atoms.